The first kappa shape index (κ1) is 16.7. The van der Waals surface area contributed by atoms with Crippen molar-refractivity contribution in [2.24, 2.45) is 5.92 Å². The number of hydrogen-bond donors (Lipinski definition) is 1. The molecule has 22 heavy (non-hydrogen) atoms. The monoisotopic (exact) mass is 302 g/mol. The molecule has 1 fully saturated rings. The van der Waals surface area contributed by atoms with Crippen molar-refractivity contribution in [1.29, 1.82) is 0 Å². The average Bonchev–Trinajstić information content (AvgIpc) is 2.54. The topological polar surface area (TPSA) is 43.8 Å². The maximum atomic E-state index is 12.6. The van der Waals surface area contributed by atoms with Crippen LogP contribution in [0.15, 0.2) is 36.4 Å². The fourth-order valence-electron chi connectivity index (χ4n) is 2.92. The van der Waals surface area contributed by atoms with Gasteiger partial charge < -0.3 is 14.9 Å². The van der Waals surface area contributed by atoms with Crippen LogP contribution in [0.3, 0.4) is 0 Å². The third-order valence-electron chi connectivity index (χ3n) is 4.09. The number of nitrogens with zero attached hydrogens (tertiary/aromatic N) is 2. The van der Waals surface area contributed by atoms with Crippen molar-refractivity contribution in [1.82, 2.24) is 9.80 Å². The highest BCUT2D eigenvalue weighted by atomic mass is 16.3. The van der Waals surface area contributed by atoms with Crippen LogP contribution in [0.1, 0.15) is 18.4 Å². The largest absolute Gasteiger partial charge is 0.395 e. The summed E-state index contributed by atoms with van der Waals surface area (Å²) in [5.74, 6) is 0.230. The zero-order valence-electron chi connectivity index (χ0n) is 13.3. The molecule has 0 radical (unpaired) electrons. The van der Waals surface area contributed by atoms with Crippen LogP contribution in [0, 0.1) is 5.92 Å². The van der Waals surface area contributed by atoms with Gasteiger partial charge in [-0.05, 0) is 32.0 Å². The molecule has 1 aromatic rings. The summed E-state index contributed by atoms with van der Waals surface area (Å²) >= 11 is 0. The average molecular weight is 302 g/mol. The third kappa shape index (κ3) is 4.97. The van der Waals surface area contributed by atoms with Crippen LogP contribution in [0.4, 0.5) is 0 Å². The van der Waals surface area contributed by atoms with Gasteiger partial charge in [0.2, 0.25) is 5.91 Å². The van der Waals surface area contributed by atoms with Crippen LogP contribution in [0.5, 0.6) is 0 Å². The Morgan fingerprint density at radius 2 is 2.18 bits per heavy atom. The van der Waals surface area contributed by atoms with E-state index >= 15 is 0 Å². The molecule has 4 nitrogen and oxygen atoms in total. The highest BCUT2D eigenvalue weighted by Gasteiger charge is 2.27. The number of aliphatic hydroxyl groups is 1. The number of likely N-dealkylation sites (tertiary alicyclic amines) is 1. The van der Waals surface area contributed by atoms with Gasteiger partial charge in [0.25, 0.3) is 0 Å². The van der Waals surface area contributed by atoms with E-state index in [1.54, 1.807) is 4.90 Å². The molecule has 0 bridgehead atoms. The smallest absolute Gasteiger partial charge is 0.227 e. The Labute approximate surface area is 133 Å². The Hall–Kier alpha value is -1.65. The zero-order chi connectivity index (χ0) is 15.8. The molecule has 1 aliphatic rings. The molecule has 120 valence electrons. The Bertz CT molecular complexity index is 487. The fourth-order valence-corrected chi connectivity index (χ4v) is 2.92. The summed E-state index contributed by atoms with van der Waals surface area (Å²) in [5, 5.41) is 9.22. The van der Waals surface area contributed by atoms with Crippen molar-refractivity contribution in [3.63, 3.8) is 0 Å². The van der Waals surface area contributed by atoms with Gasteiger partial charge in [-0.25, -0.2) is 0 Å². The maximum Gasteiger partial charge on any atom is 0.227 e. The standard InChI is InChI=1S/C18H26N2O2/c1-19-11-6-10-17(15-19)18(22)20(13-14-21)12-5-9-16-7-3-2-4-8-16/h2-5,7-9,17,21H,6,10-15H2,1H3/b9-5+/t17-/m0/s1. The third-order valence-corrected chi connectivity index (χ3v) is 4.09. The number of aliphatic hydroxyl groups excluding tert-OH is 1. The second-order valence-electron chi connectivity index (χ2n) is 5.92. The number of amides is 1. The Kier molecular flexibility index (Phi) is 6.62. The van der Waals surface area contributed by atoms with E-state index in [-0.39, 0.29) is 18.4 Å². The van der Waals surface area contributed by atoms with Gasteiger partial charge in [-0.15, -0.1) is 0 Å². The van der Waals surface area contributed by atoms with Crippen LogP contribution in [-0.2, 0) is 4.79 Å². The number of hydrogen-bond acceptors (Lipinski definition) is 3. The highest BCUT2D eigenvalue weighted by molar-refractivity contribution is 5.79. The van der Waals surface area contributed by atoms with Gasteiger partial charge in [0, 0.05) is 19.6 Å². The lowest BCUT2D eigenvalue weighted by Gasteiger charge is -2.32. The van der Waals surface area contributed by atoms with Crippen molar-refractivity contribution in [2.75, 3.05) is 39.8 Å². The SMILES string of the molecule is CN1CCC[C@H](C(=O)N(C/C=C/c2ccccc2)CCO)C1. The lowest BCUT2D eigenvalue weighted by atomic mass is 9.97. The molecule has 0 aliphatic carbocycles. The van der Waals surface area contributed by atoms with Crippen LogP contribution < -0.4 is 0 Å². The van der Waals surface area contributed by atoms with E-state index in [2.05, 4.69) is 11.9 Å². The van der Waals surface area contributed by atoms with Gasteiger partial charge in [-0.3, -0.25) is 4.79 Å². The normalized spacial score (nSPS) is 19.5. The first-order valence-electron chi connectivity index (χ1n) is 8.00. The molecule has 1 amide bonds. The summed E-state index contributed by atoms with van der Waals surface area (Å²) < 4.78 is 0. The van der Waals surface area contributed by atoms with Gasteiger partial charge in [0.15, 0.2) is 0 Å². The van der Waals surface area contributed by atoms with E-state index in [9.17, 15) is 9.90 Å². The van der Waals surface area contributed by atoms with E-state index in [1.165, 1.54) is 0 Å². The summed E-state index contributed by atoms with van der Waals surface area (Å²) in [6.07, 6.45) is 6.04. The molecule has 0 saturated carbocycles. The minimum absolute atomic E-state index is 0.00742. The number of rotatable bonds is 6. The molecule has 0 spiro atoms. The number of benzene rings is 1. The number of carbonyl (C=O) groups excluding carboxylic acids is 1. The quantitative estimate of drug-likeness (QED) is 0.872. The van der Waals surface area contributed by atoms with Gasteiger partial charge in [0.1, 0.15) is 0 Å². The van der Waals surface area contributed by atoms with Crippen molar-refractivity contribution in [3.8, 4) is 0 Å². The second kappa shape index (κ2) is 8.71. The van der Waals surface area contributed by atoms with Crippen molar-refractivity contribution >= 4 is 12.0 Å². The number of carbonyl (C=O) groups is 1. The van der Waals surface area contributed by atoms with Crippen LogP contribution >= 0.6 is 0 Å². The van der Waals surface area contributed by atoms with E-state index in [0.717, 1.165) is 31.5 Å². The summed E-state index contributed by atoms with van der Waals surface area (Å²) in [6.45, 7) is 2.85. The summed E-state index contributed by atoms with van der Waals surface area (Å²) in [5.41, 5.74) is 1.12. The molecule has 1 saturated heterocycles. The first-order valence-corrected chi connectivity index (χ1v) is 8.00. The molecule has 1 heterocycles. The lowest BCUT2D eigenvalue weighted by molar-refractivity contribution is -0.137. The van der Waals surface area contributed by atoms with Crippen LogP contribution in [0.25, 0.3) is 6.08 Å². The molecule has 0 aromatic heterocycles. The Morgan fingerprint density at radius 1 is 1.41 bits per heavy atom. The molecular weight excluding hydrogens is 276 g/mol. The summed E-state index contributed by atoms with van der Waals surface area (Å²) in [7, 11) is 2.06. The summed E-state index contributed by atoms with van der Waals surface area (Å²) in [4.78, 5) is 16.6. The van der Waals surface area contributed by atoms with Gasteiger partial charge in [0.05, 0.1) is 12.5 Å². The molecule has 0 unspecified atom stereocenters. The second-order valence-corrected chi connectivity index (χ2v) is 5.92. The lowest BCUT2D eigenvalue weighted by Crippen LogP contribution is -2.44. The van der Waals surface area contributed by atoms with Crippen molar-refractivity contribution in [3.05, 3.63) is 42.0 Å². The van der Waals surface area contributed by atoms with Gasteiger partial charge in [-0.2, -0.15) is 0 Å². The molecule has 1 N–H and O–H groups in total. The fraction of sp³-hybridized carbons (Fsp3) is 0.500. The predicted molar refractivity (Wildman–Crippen MR) is 89.4 cm³/mol. The van der Waals surface area contributed by atoms with E-state index in [4.69, 9.17) is 0 Å². The molecule has 2 rings (SSSR count). The zero-order valence-corrected chi connectivity index (χ0v) is 13.3. The molecule has 1 aromatic carbocycles. The van der Waals surface area contributed by atoms with E-state index < -0.39 is 0 Å². The minimum Gasteiger partial charge on any atom is -0.395 e. The predicted octanol–water partition coefficient (Wildman–Crippen LogP) is 1.86. The molecule has 1 aliphatic heterocycles. The van der Waals surface area contributed by atoms with E-state index in [1.807, 2.05) is 42.5 Å². The van der Waals surface area contributed by atoms with Crippen LogP contribution in [-0.4, -0.2) is 60.6 Å². The maximum absolute atomic E-state index is 12.6. The van der Waals surface area contributed by atoms with Crippen molar-refractivity contribution < 1.29 is 9.90 Å². The van der Waals surface area contributed by atoms with Gasteiger partial charge in [-0.1, -0.05) is 42.5 Å². The summed E-state index contributed by atoms with van der Waals surface area (Å²) in [6, 6.07) is 10.0. The molecule has 1 atom stereocenters. The van der Waals surface area contributed by atoms with E-state index in [0.29, 0.717) is 13.1 Å². The van der Waals surface area contributed by atoms with Gasteiger partial charge >= 0.3 is 0 Å². The highest BCUT2D eigenvalue weighted by Crippen LogP contribution is 2.17. The number of piperidine rings is 1. The molecule has 4 heteroatoms. The Balaban J connectivity index is 1.93. The Morgan fingerprint density at radius 3 is 2.86 bits per heavy atom. The first-order chi connectivity index (χ1) is 10.7. The minimum atomic E-state index is 0.00742. The molecular formula is C18H26N2O2. The van der Waals surface area contributed by atoms with Crippen molar-refractivity contribution in [2.45, 2.75) is 12.8 Å². The van der Waals surface area contributed by atoms with Crippen LogP contribution in [0.2, 0.25) is 0 Å².